The number of aryl methyl sites for hydroxylation is 1. The van der Waals surface area contributed by atoms with Gasteiger partial charge in [0.15, 0.2) is 0 Å². The highest BCUT2D eigenvalue weighted by molar-refractivity contribution is 5.20. The van der Waals surface area contributed by atoms with Crippen molar-refractivity contribution in [2.24, 2.45) is 0 Å². The number of halogens is 3. The van der Waals surface area contributed by atoms with Gasteiger partial charge in [-0.15, -0.1) is 0 Å². The van der Waals surface area contributed by atoms with Crippen LogP contribution in [0, 0.1) is 6.92 Å². The Kier molecular flexibility index (Phi) is 4.08. The molecule has 0 atom stereocenters. The second-order valence-corrected chi connectivity index (χ2v) is 3.34. The molecule has 1 heterocycles. The zero-order valence-corrected chi connectivity index (χ0v) is 8.43. The molecule has 0 aliphatic carbocycles. The Morgan fingerprint density at radius 3 is 2.73 bits per heavy atom. The van der Waals surface area contributed by atoms with Gasteiger partial charge in [-0.1, -0.05) is 0 Å². The first-order valence-electron chi connectivity index (χ1n) is 4.66. The van der Waals surface area contributed by atoms with Crippen molar-refractivity contribution in [1.82, 2.24) is 10.3 Å². The molecule has 0 aromatic carbocycles. The largest absolute Gasteiger partial charge is 0.390 e. The fraction of sp³-hybridized carbons (Fsp3) is 0.500. The molecular formula is C10H13F3N2. The third-order valence-corrected chi connectivity index (χ3v) is 2.05. The van der Waals surface area contributed by atoms with Gasteiger partial charge in [0.05, 0.1) is 6.42 Å². The predicted molar refractivity (Wildman–Crippen MR) is 51.4 cm³/mol. The first-order chi connectivity index (χ1) is 6.99. The minimum atomic E-state index is -4.09. The number of hydrogen-bond acceptors (Lipinski definition) is 2. The number of nitrogens with one attached hydrogen (secondary N) is 1. The van der Waals surface area contributed by atoms with Crippen molar-refractivity contribution < 1.29 is 13.2 Å². The summed E-state index contributed by atoms with van der Waals surface area (Å²) in [4.78, 5) is 3.91. The summed E-state index contributed by atoms with van der Waals surface area (Å²) in [6.07, 6.45) is -1.56. The lowest BCUT2D eigenvalue weighted by molar-refractivity contribution is -0.133. The Morgan fingerprint density at radius 2 is 2.13 bits per heavy atom. The molecule has 84 valence electrons. The quantitative estimate of drug-likeness (QED) is 0.785. The Labute approximate surface area is 86.5 Å². The second kappa shape index (κ2) is 5.11. The minimum absolute atomic E-state index is 0.0577. The molecule has 0 aliphatic heterocycles. The van der Waals surface area contributed by atoms with Gasteiger partial charge in [-0.05, 0) is 24.1 Å². The maximum atomic E-state index is 11.8. The molecule has 5 heteroatoms. The van der Waals surface area contributed by atoms with E-state index in [9.17, 15) is 13.2 Å². The van der Waals surface area contributed by atoms with E-state index >= 15 is 0 Å². The SMILES string of the molecule is Cc1ccncc1CNCCC(F)(F)F. The Morgan fingerprint density at radius 1 is 1.40 bits per heavy atom. The van der Waals surface area contributed by atoms with Crippen LogP contribution in [-0.2, 0) is 6.54 Å². The van der Waals surface area contributed by atoms with E-state index in [2.05, 4.69) is 10.3 Å². The van der Waals surface area contributed by atoms with Gasteiger partial charge in [-0.3, -0.25) is 4.98 Å². The third kappa shape index (κ3) is 4.78. The van der Waals surface area contributed by atoms with Gasteiger partial charge >= 0.3 is 6.18 Å². The van der Waals surface area contributed by atoms with Gasteiger partial charge in [0.2, 0.25) is 0 Å². The lowest BCUT2D eigenvalue weighted by Crippen LogP contribution is -2.21. The maximum absolute atomic E-state index is 11.8. The smallest absolute Gasteiger partial charge is 0.312 e. The molecule has 1 aromatic heterocycles. The van der Waals surface area contributed by atoms with Crippen LogP contribution in [0.5, 0.6) is 0 Å². The molecule has 0 amide bonds. The fourth-order valence-electron chi connectivity index (χ4n) is 1.13. The van der Waals surface area contributed by atoms with Crippen molar-refractivity contribution >= 4 is 0 Å². The molecule has 1 rings (SSSR count). The van der Waals surface area contributed by atoms with Gasteiger partial charge in [-0.2, -0.15) is 13.2 Å². The summed E-state index contributed by atoms with van der Waals surface area (Å²) in [7, 11) is 0. The van der Waals surface area contributed by atoms with Crippen molar-refractivity contribution in [3.8, 4) is 0 Å². The van der Waals surface area contributed by atoms with Gasteiger partial charge in [0, 0.05) is 25.5 Å². The number of hydrogen-bond donors (Lipinski definition) is 1. The summed E-state index contributed by atoms with van der Waals surface area (Å²) in [5.41, 5.74) is 1.96. The van der Waals surface area contributed by atoms with E-state index in [-0.39, 0.29) is 6.54 Å². The molecule has 0 aliphatic rings. The molecule has 1 N–H and O–H groups in total. The molecule has 1 aromatic rings. The zero-order chi connectivity index (χ0) is 11.3. The van der Waals surface area contributed by atoms with Gasteiger partial charge < -0.3 is 5.32 Å². The average molecular weight is 218 g/mol. The molecule has 0 spiro atoms. The Balaban J connectivity index is 2.30. The first-order valence-corrected chi connectivity index (χ1v) is 4.66. The number of nitrogens with zero attached hydrogens (tertiary/aromatic N) is 1. The number of aromatic nitrogens is 1. The highest BCUT2D eigenvalue weighted by Crippen LogP contribution is 2.18. The van der Waals surface area contributed by atoms with E-state index in [1.165, 1.54) is 0 Å². The second-order valence-electron chi connectivity index (χ2n) is 3.34. The lowest BCUT2D eigenvalue weighted by atomic mass is 10.1. The van der Waals surface area contributed by atoms with Gasteiger partial charge in [-0.25, -0.2) is 0 Å². The van der Waals surface area contributed by atoms with Gasteiger partial charge in [0.25, 0.3) is 0 Å². The van der Waals surface area contributed by atoms with E-state index in [1.54, 1.807) is 12.4 Å². The molecular weight excluding hydrogens is 205 g/mol. The standard InChI is InChI=1S/C10H13F3N2/c1-8-2-4-14-6-9(8)7-15-5-3-10(11,12)13/h2,4,6,15H,3,5,7H2,1H3. The van der Waals surface area contributed by atoms with Crippen molar-refractivity contribution in [1.29, 1.82) is 0 Å². The molecule has 0 fully saturated rings. The number of alkyl halides is 3. The normalized spacial score (nSPS) is 11.7. The monoisotopic (exact) mass is 218 g/mol. The summed E-state index contributed by atoms with van der Waals surface area (Å²) >= 11 is 0. The van der Waals surface area contributed by atoms with E-state index in [4.69, 9.17) is 0 Å². The molecule has 0 saturated heterocycles. The Bertz CT molecular complexity index is 310. The summed E-state index contributed by atoms with van der Waals surface area (Å²) in [5, 5.41) is 2.74. The van der Waals surface area contributed by atoms with E-state index in [0.29, 0.717) is 6.54 Å². The highest BCUT2D eigenvalue weighted by Gasteiger charge is 2.25. The first kappa shape index (κ1) is 12.0. The molecule has 2 nitrogen and oxygen atoms in total. The number of rotatable bonds is 4. The average Bonchev–Trinajstić information content (AvgIpc) is 2.13. The predicted octanol–water partition coefficient (Wildman–Crippen LogP) is 2.43. The van der Waals surface area contributed by atoms with E-state index in [1.807, 2.05) is 13.0 Å². The Hall–Kier alpha value is -1.10. The van der Waals surface area contributed by atoms with Crippen LogP contribution in [0.15, 0.2) is 18.5 Å². The van der Waals surface area contributed by atoms with Crippen molar-refractivity contribution in [2.45, 2.75) is 26.1 Å². The zero-order valence-electron chi connectivity index (χ0n) is 8.43. The molecule has 0 saturated carbocycles. The minimum Gasteiger partial charge on any atom is -0.312 e. The third-order valence-electron chi connectivity index (χ3n) is 2.05. The summed E-state index contributed by atoms with van der Waals surface area (Å²) in [5.74, 6) is 0. The van der Waals surface area contributed by atoms with Crippen LogP contribution in [0.2, 0.25) is 0 Å². The topological polar surface area (TPSA) is 24.9 Å². The summed E-state index contributed by atoms with van der Waals surface area (Å²) < 4.78 is 35.4. The number of pyridine rings is 1. The van der Waals surface area contributed by atoms with E-state index in [0.717, 1.165) is 11.1 Å². The molecule has 15 heavy (non-hydrogen) atoms. The van der Waals surface area contributed by atoms with Crippen molar-refractivity contribution in [2.75, 3.05) is 6.54 Å². The maximum Gasteiger partial charge on any atom is 0.390 e. The molecule has 0 bridgehead atoms. The van der Waals surface area contributed by atoms with Crippen molar-refractivity contribution in [3.63, 3.8) is 0 Å². The fourth-order valence-corrected chi connectivity index (χ4v) is 1.13. The van der Waals surface area contributed by atoms with Crippen LogP contribution in [0.3, 0.4) is 0 Å². The van der Waals surface area contributed by atoms with Crippen LogP contribution >= 0.6 is 0 Å². The van der Waals surface area contributed by atoms with Gasteiger partial charge in [0.1, 0.15) is 0 Å². The van der Waals surface area contributed by atoms with Crippen LogP contribution in [0.1, 0.15) is 17.5 Å². The molecule has 0 radical (unpaired) electrons. The van der Waals surface area contributed by atoms with E-state index < -0.39 is 12.6 Å². The van der Waals surface area contributed by atoms with Crippen LogP contribution < -0.4 is 5.32 Å². The van der Waals surface area contributed by atoms with Crippen LogP contribution in [0.25, 0.3) is 0 Å². The lowest BCUT2D eigenvalue weighted by Gasteiger charge is -2.08. The van der Waals surface area contributed by atoms with Crippen molar-refractivity contribution in [3.05, 3.63) is 29.6 Å². The summed E-state index contributed by atoms with van der Waals surface area (Å²) in [6, 6.07) is 1.83. The summed E-state index contributed by atoms with van der Waals surface area (Å²) in [6.45, 7) is 2.27. The highest BCUT2D eigenvalue weighted by atomic mass is 19.4. The van der Waals surface area contributed by atoms with Crippen LogP contribution in [0.4, 0.5) is 13.2 Å². The molecule has 0 unspecified atom stereocenters. The van der Waals surface area contributed by atoms with Crippen LogP contribution in [-0.4, -0.2) is 17.7 Å².